The fourth-order valence-corrected chi connectivity index (χ4v) is 2.54. The van der Waals surface area contributed by atoms with Gasteiger partial charge in [-0.05, 0) is 30.8 Å². The van der Waals surface area contributed by atoms with Gasteiger partial charge >= 0.3 is 0 Å². The normalized spacial score (nSPS) is 14.7. The average molecular weight is 271 g/mol. The topological polar surface area (TPSA) is 29.5 Å². The average Bonchev–Trinajstić information content (AvgIpc) is 2.43. The van der Waals surface area contributed by atoms with Crippen molar-refractivity contribution >= 4 is 19.3 Å². The Kier molecular flexibility index (Phi) is 4.12. The van der Waals surface area contributed by atoms with E-state index in [0.29, 0.717) is 12.2 Å². The minimum absolute atomic E-state index is 0.0278. The van der Waals surface area contributed by atoms with Crippen LogP contribution in [-0.4, -0.2) is 33.3 Å². The Labute approximate surface area is 122 Å². The fraction of sp³-hybridized carbons (Fsp3) is 0.562. The van der Waals surface area contributed by atoms with Crippen LogP contribution in [0.25, 0.3) is 0 Å². The number of hydrogen-bond acceptors (Lipinski definition) is 3. The van der Waals surface area contributed by atoms with Gasteiger partial charge in [0.25, 0.3) is 0 Å². The van der Waals surface area contributed by atoms with E-state index in [9.17, 15) is 4.79 Å². The minimum Gasteiger partial charge on any atom is -0.489 e. The van der Waals surface area contributed by atoms with Gasteiger partial charge in [-0.2, -0.15) is 0 Å². The second-order valence-corrected chi connectivity index (χ2v) is 6.18. The van der Waals surface area contributed by atoms with E-state index in [1.54, 1.807) is 0 Å². The predicted molar refractivity (Wildman–Crippen MR) is 83.4 cm³/mol. The quantitative estimate of drug-likeness (QED) is 0.625. The molecule has 0 bridgehead atoms. The lowest BCUT2D eigenvalue weighted by Crippen LogP contribution is -2.34. The van der Waals surface area contributed by atoms with Gasteiger partial charge in [-0.1, -0.05) is 20.8 Å². The van der Waals surface area contributed by atoms with E-state index >= 15 is 0 Å². The molecule has 0 N–H and O–H groups in total. The number of rotatable bonds is 3. The molecule has 1 heterocycles. The van der Waals surface area contributed by atoms with E-state index in [-0.39, 0.29) is 17.5 Å². The number of hydrogen-bond donors (Lipinski definition) is 0. The van der Waals surface area contributed by atoms with E-state index in [4.69, 9.17) is 12.6 Å². The molecule has 0 saturated carbocycles. The number of carbonyl (C=O) groups is 1. The van der Waals surface area contributed by atoms with Gasteiger partial charge in [0.1, 0.15) is 12.4 Å². The number of likely N-dealkylation sites (N-methyl/N-ethyl adjacent to an activating group) is 1. The number of Topliss-reactive ketones (excluding diaryl/α,β-unsaturated/α-hetero) is 1. The van der Waals surface area contributed by atoms with E-state index in [0.717, 1.165) is 30.1 Å². The number of ketones is 1. The fourth-order valence-electron chi connectivity index (χ4n) is 2.54. The molecule has 0 aromatic heterocycles. The van der Waals surface area contributed by atoms with Crippen molar-refractivity contribution in [1.29, 1.82) is 0 Å². The summed E-state index contributed by atoms with van der Waals surface area (Å²) in [4.78, 5) is 14.2. The van der Waals surface area contributed by atoms with Crippen molar-refractivity contribution in [1.82, 2.24) is 0 Å². The number of carbonyl (C=O) groups excluding carboxylic acids is 1. The molecule has 20 heavy (non-hydrogen) atoms. The van der Waals surface area contributed by atoms with E-state index in [2.05, 4.69) is 32.6 Å². The Morgan fingerprint density at radius 3 is 2.65 bits per heavy atom. The summed E-state index contributed by atoms with van der Waals surface area (Å²) < 4.78 is 5.90. The zero-order chi connectivity index (χ0) is 14.9. The Morgan fingerprint density at radius 2 is 2.10 bits per heavy atom. The van der Waals surface area contributed by atoms with Crippen molar-refractivity contribution in [2.24, 2.45) is 0 Å². The Bertz CT molecular complexity index is 520. The van der Waals surface area contributed by atoms with Crippen LogP contribution in [0, 0.1) is 0 Å². The van der Waals surface area contributed by atoms with Crippen LogP contribution in [-0.2, 0) is 5.41 Å². The summed E-state index contributed by atoms with van der Waals surface area (Å²) in [7, 11) is 5.51. The zero-order valence-corrected chi connectivity index (χ0v) is 12.8. The maximum absolute atomic E-state index is 12.0. The molecule has 106 valence electrons. The van der Waals surface area contributed by atoms with Crippen LogP contribution in [0.2, 0.25) is 6.32 Å². The molecule has 1 aromatic rings. The highest BCUT2D eigenvalue weighted by Gasteiger charge is 2.28. The second-order valence-electron chi connectivity index (χ2n) is 6.18. The summed E-state index contributed by atoms with van der Waals surface area (Å²) in [5, 5.41) is 0. The molecule has 0 fully saturated rings. The van der Waals surface area contributed by atoms with Crippen molar-refractivity contribution < 1.29 is 9.53 Å². The molecule has 0 unspecified atom stereocenters. The molecule has 0 aliphatic carbocycles. The minimum atomic E-state index is -0.0777. The Morgan fingerprint density at radius 1 is 1.40 bits per heavy atom. The lowest BCUT2D eigenvalue weighted by atomic mass is 9.83. The first-order chi connectivity index (χ1) is 9.38. The molecule has 4 heteroatoms. The van der Waals surface area contributed by atoms with Crippen molar-refractivity contribution in [2.75, 3.05) is 24.6 Å². The predicted octanol–water partition coefficient (Wildman–Crippen LogP) is 2.97. The SMILES string of the molecule is [B]CC(=O)c1cc2c(c(C(C)(C)C)c1)OCCN2CC. The molecule has 2 radical (unpaired) electrons. The molecule has 0 amide bonds. The molecule has 1 aromatic carbocycles. The van der Waals surface area contributed by atoms with Crippen molar-refractivity contribution in [3.05, 3.63) is 23.3 Å². The largest absolute Gasteiger partial charge is 0.489 e. The summed E-state index contributed by atoms with van der Waals surface area (Å²) in [6.07, 6.45) is 0.0371. The molecule has 3 nitrogen and oxygen atoms in total. The smallest absolute Gasteiger partial charge is 0.154 e. The molecule has 1 aliphatic heterocycles. The first-order valence-corrected chi connectivity index (χ1v) is 7.18. The highest BCUT2D eigenvalue weighted by Crippen LogP contribution is 2.42. The first-order valence-electron chi connectivity index (χ1n) is 7.18. The monoisotopic (exact) mass is 271 g/mol. The maximum atomic E-state index is 12.0. The van der Waals surface area contributed by atoms with Crippen LogP contribution in [0.4, 0.5) is 5.69 Å². The van der Waals surface area contributed by atoms with E-state index in [1.165, 1.54) is 0 Å². The van der Waals surface area contributed by atoms with E-state index in [1.807, 2.05) is 12.1 Å². The van der Waals surface area contributed by atoms with Crippen LogP contribution in [0.5, 0.6) is 5.75 Å². The summed E-state index contributed by atoms with van der Waals surface area (Å²) in [5.41, 5.74) is 2.69. The molecular weight excluding hydrogens is 249 g/mol. The Balaban J connectivity index is 2.64. The van der Waals surface area contributed by atoms with Gasteiger partial charge in [0.15, 0.2) is 5.78 Å². The number of nitrogens with zero attached hydrogens (tertiary/aromatic N) is 1. The van der Waals surface area contributed by atoms with Gasteiger partial charge in [0, 0.05) is 17.7 Å². The van der Waals surface area contributed by atoms with Gasteiger partial charge in [0.2, 0.25) is 0 Å². The molecular formula is C16H22BNO2. The summed E-state index contributed by atoms with van der Waals surface area (Å²) in [5.74, 6) is 0.888. The highest BCUT2D eigenvalue weighted by molar-refractivity contribution is 6.24. The molecule has 2 rings (SSSR count). The van der Waals surface area contributed by atoms with Crippen molar-refractivity contribution in [3.8, 4) is 5.75 Å². The highest BCUT2D eigenvalue weighted by atomic mass is 16.5. The van der Waals surface area contributed by atoms with Crippen LogP contribution in [0.1, 0.15) is 43.6 Å². The Hall–Kier alpha value is -1.45. The number of benzene rings is 1. The van der Waals surface area contributed by atoms with Gasteiger partial charge in [-0.25, -0.2) is 0 Å². The van der Waals surface area contributed by atoms with Crippen LogP contribution < -0.4 is 9.64 Å². The lowest BCUT2D eigenvalue weighted by molar-refractivity contribution is 0.101. The molecule has 0 spiro atoms. The standard InChI is InChI=1S/C16H22BNO2/c1-5-18-6-7-20-15-12(16(2,3)4)8-11(9-13(15)18)14(19)10-17/h8-9H,5-7,10H2,1-4H3. The summed E-state index contributed by atoms with van der Waals surface area (Å²) in [6, 6.07) is 3.86. The molecule has 0 saturated heterocycles. The third kappa shape index (κ3) is 2.69. The molecule has 0 atom stereocenters. The van der Waals surface area contributed by atoms with Gasteiger partial charge < -0.3 is 9.64 Å². The maximum Gasteiger partial charge on any atom is 0.154 e. The zero-order valence-electron chi connectivity index (χ0n) is 12.8. The van der Waals surface area contributed by atoms with Crippen molar-refractivity contribution in [3.63, 3.8) is 0 Å². The summed E-state index contributed by atoms with van der Waals surface area (Å²) in [6.45, 7) is 11.0. The lowest BCUT2D eigenvalue weighted by Gasteiger charge is -2.34. The number of ether oxygens (including phenoxy) is 1. The third-order valence-electron chi connectivity index (χ3n) is 3.71. The van der Waals surface area contributed by atoms with Gasteiger partial charge in [-0.15, -0.1) is 0 Å². The number of anilines is 1. The first kappa shape index (κ1) is 15.0. The van der Waals surface area contributed by atoms with Gasteiger partial charge in [-0.3, -0.25) is 4.79 Å². The second kappa shape index (κ2) is 5.51. The number of fused-ring (bicyclic) bond motifs is 1. The van der Waals surface area contributed by atoms with E-state index < -0.39 is 0 Å². The van der Waals surface area contributed by atoms with Crippen LogP contribution in [0.15, 0.2) is 12.1 Å². The summed E-state index contributed by atoms with van der Waals surface area (Å²) >= 11 is 0. The van der Waals surface area contributed by atoms with Gasteiger partial charge in [0.05, 0.1) is 20.1 Å². The van der Waals surface area contributed by atoms with Crippen LogP contribution >= 0.6 is 0 Å². The van der Waals surface area contributed by atoms with Crippen LogP contribution in [0.3, 0.4) is 0 Å². The molecule has 1 aliphatic rings. The third-order valence-corrected chi connectivity index (χ3v) is 3.71. The van der Waals surface area contributed by atoms with Crippen molar-refractivity contribution in [2.45, 2.75) is 39.4 Å².